The van der Waals surface area contributed by atoms with Crippen molar-refractivity contribution in [2.24, 2.45) is 5.41 Å². The summed E-state index contributed by atoms with van der Waals surface area (Å²) in [6.07, 6.45) is -3.08. The summed E-state index contributed by atoms with van der Waals surface area (Å²) in [5.41, 5.74) is -13.8. The largest absolute Gasteiger partial charge is 0.465 e. The molecule has 4 aromatic rings. The Hall–Kier alpha value is -5.43. The number of halogens is 20. The molecule has 4 nitrogen and oxygen atoms in total. The minimum absolute atomic E-state index is 0.0358. The van der Waals surface area contributed by atoms with Crippen LogP contribution in [0.5, 0.6) is 0 Å². The monoisotopic (exact) mass is 954 g/mol. The van der Waals surface area contributed by atoms with E-state index in [1.54, 1.807) is 0 Å². The third kappa shape index (κ3) is 8.53. The van der Waals surface area contributed by atoms with Crippen LogP contribution in [0, 0.1) is 122 Å². The number of hydrogen-bond donors (Lipinski definition) is 0. The average Bonchev–Trinajstić information content (AvgIpc) is 3.22. The fourth-order valence-electron chi connectivity index (χ4n) is 6.36. The predicted molar refractivity (Wildman–Crippen MR) is 184 cm³/mol. The summed E-state index contributed by atoms with van der Waals surface area (Å²) in [7, 11) is 2.61. The zero-order valence-corrected chi connectivity index (χ0v) is 33.2. The van der Waals surface area contributed by atoms with E-state index in [0.717, 1.165) is 5.57 Å². The molecule has 0 amide bonds. The quantitative estimate of drug-likeness (QED) is 0.0213. The Morgan fingerprint density at radius 3 is 0.714 bits per heavy atom. The molecule has 0 aromatic heterocycles. The molecule has 63 heavy (non-hydrogen) atoms. The Kier molecular flexibility index (Phi) is 15.4. The number of rotatable bonds is 8. The van der Waals surface area contributed by atoms with Gasteiger partial charge in [0.15, 0.2) is 69.8 Å². The lowest BCUT2D eigenvalue weighted by atomic mass is 9.12. The van der Waals surface area contributed by atoms with Crippen LogP contribution >= 0.6 is 0 Å². The van der Waals surface area contributed by atoms with Crippen molar-refractivity contribution in [3.63, 3.8) is 0 Å². The first-order valence-electron chi connectivity index (χ1n) is 16.5. The normalized spacial score (nSPS) is 11.7. The van der Waals surface area contributed by atoms with Gasteiger partial charge in [0.2, 0.25) is 0 Å². The van der Waals surface area contributed by atoms with E-state index in [4.69, 9.17) is 9.47 Å². The third-order valence-corrected chi connectivity index (χ3v) is 9.99. The maximum absolute atomic E-state index is 15.4. The van der Waals surface area contributed by atoms with Crippen LogP contribution in [0.25, 0.3) is 0 Å². The number of ether oxygens (including phenoxy) is 2. The standard InChI is InChI=1S/C24BF20.C13H23O4S/c26-5-1(6(27)14(35)21(42)13(5)34)25(2-7(28)15(36)22(43)16(37)8(2)29,3-9(30)17(38)23(44)18(39)10(3)31)4-11(32)19(40)24(45)20(41)12(4)33;1-13(2,3)9(8-18(6)7)10(11(14)16-4)12(15)17-5/h;8H2,1-7H3/q-1;+1. The van der Waals surface area contributed by atoms with Crippen LogP contribution < -0.4 is 21.9 Å². The number of benzene rings is 4. The summed E-state index contributed by atoms with van der Waals surface area (Å²) in [5.74, 6) is -72.0. The molecule has 0 saturated heterocycles. The Balaban J connectivity index is 0.000000495. The number of esters is 2. The van der Waals surface area contributed by atoms with E-state index in [1.807, 2.05) is 20.8 Å². The first kappa shape index (κ1) is 51.9. The van der Waals surface area contributed by atoms with Crippen LogP contribution in [0.2, 0.25) is 0 Å². The maximum Gasteiger partial charge on any atom is 0.345 e. The van der Waals surface area contributed by atoms with E-state index in [-0.39, 0.29) is 21.9 Å². The Morgan fingerprint density at radius 1 is 0.397 bits per heavy atom. The summed E-state index contributed by atoms with van der Waals surface area (Å²) in [6.45, 7) is 5.92. The molecule has 0 N–H and O–H groups in total. The van der Waals surface area contributed by atoms with Crippen molar-refractivity contribution in [1.82, 2.24) is 0 Å². The molecule has 0 aliphatic rings. The Bertz CT molecular complexity index is 2170. The lowest BCUT2D eigenvalue weighted by molar-refractivity contribution is -0.144. The summed E-state index contributed by atoms with van der Waals surface area (Å²) >= 11 is 0. The predicted octanol–water partition coefficient (Wildman–Crippen LogP) is 7.40. The minimum atomic E-state index is -7.22. The molecule has 0 unspecified atom stereocenters. The van der Waals surface area contributed by atoms with Crippen LogP contribution in [0.1, 0.15) is 20.8 Å². The van der Waals surface area contributed by atoms with Gasteiger partial charge in [-0.25, -0.2) is 97.4 Å². The molecule has 0 spiro atoms. The SMILES string of the molecule is COC(=O)C(C(=O)OC)=C(C[S+](C)C)C(C)(C)C.Fc1c(F)c(F)c([B-](c2c(F)c(F)c(F)c(F)c2F)(c2c(F)c(F)c(F)c(F)c2F)c2c(F)c(F)c(F)c(F)c2F)c(F)c1F. The van der Waals surface area contributed by atoms with Gasteiger partial charge >= 0.3 is 11.9 Å². The van der Waals surface area contributed by atoms with E-state index < -0.39 is 156 Å². The molecular weight excluding hydrogens is 931 g/mol. The van der Waals surface area contributed by atoms with Crippen LogP contribution in [0.15, 0.2) is 11.1 Å². The van der Waals surface area contributed by atoms with Crippen LogP contribution in [-0.2, 0) is 30.0 Å². The molecule has 0 aliphatic carbocycles. The second-order valence-corrected chi connectivity index (χ2v) is 16.3. The first-order chi connectivity index (χ1) is 28.8. The average molecular weight is 954 g/mol. The number of carbonyl (C=O) groups is 2. The van der Waals surface area contributed by atoms with E-state index in [2.05, 4.69) is 12.5 Å². The van der Waals surface area contributed by atoms with Gasteiger partial charge in [0.25, 0.3) is 0 Å². The molecule has 0 saturated carbocycles. The second-order valence-electron chi connectivity index (χ2n) is 14.0. The van der Waals surface area contributed by atoms with Crippen LogP contribution in [-0.4, -0.2) is 50.6 Å². The lowest BCUT2D eigenvalue weighted by Gasteiger charge is -2.44. The van der Waals surface area contributed by atoms with Crippen LogP contribution in [0.3, 0.4) is 0 Å². The first-order valence-corrected chi connectivity index (χ1v) is 18.7. The highest BCUT2D eigenvalue weighted by atomic mass is 32.2. The van der Waals surface area contributed by atoms with Crippen molar-refractivity contribution < 1.29 is 107 Å². The van der Waals surface area contributed by atoms with Gasteiger partial charge in [-0.3, -0.25) is 0 Å². The fourth-order valence-corrected chi connectivity index (χ4v) is 7.52. The van der Waals surface area contributed by atoms with Crippen molar-refractivity contribution >= 4 is 50.8 Å². The molecule has 26 heteroatoms. The van der Waals surface area contributed by atoms with Gasteiger partial charge in [-0.1, -0.05) is 20.8 Å². The van der Waals surface area contributed by atoms with E-state index in [1.165, 1.54) is 14.2 Å². The molecule has 0 fully saturated rings. The zero-order valence-electron chi connectivity index (χ0n) is 32.4. The molecule has 4 rings (SSSR count). The van der Waals surface area contributed by atoms with E-state index >= 15 is 35.1 Å². The second kappa shape index (κ2) is 18.7. The Labute approximate surface area is 343 Å². The molecule has 4 aromatic carbocycles. The highest BCUT2D eigenvalue weighted by molar-refractivity contribution is 7.95. The minimum Gasteiger partial charge on any atom is -0.465 e. The lowest BCUT2D eigenvalue weighted by Crippen LogP contribution is -2.81. The summed E-state index contributed by atoms with van der Waals surface area (Å²) in [6, 6.07) is 0. The highest BCUT2D eigenvalue weighted by Gasteiger charge is 2.52. The summed E-state index contributed by atoms with van der Waals surface area (Å²) in [5, 5.41) is 0. The van der Waals surface area contributed by atoms with E-state index in [0.29, 0.717) is 5.75 Å². The number of carbonyl (C=O) groups excluding carboxylic acids is 2. The van der Waals surface area contributed by atoms with Gasteiger partial charge in [0.1, 0.15) is 64.0 Å². The van der Waals surface area contributed by atoms with Crippen molar-refractivity contribution in [1.29, 1.82) is 0 Å². The van der Waals surface area contributed by atoms with Crippen LogP contribution in [0.4, 0.5) is 87.8 Å². The van der Waals surface area contributed by atoms with Gasteiger partial charge < -0.3 is 9.47 Å². The molecule has 0 radical (unpaired) electrons. The number of hydrogen-bond acceptors (Lipinski definition) is 4. The molecule has 0 atom stereocenters. The van der Waals surface area contributed by atoms with Crippen molar-refractivity contribution in [3.05, 3.63) is 127 Å². The highest BCUT2D eigenvalue weighted by Crippen LogP contribution is 2.32. The molecule has 0 heterocycles. The van der Waals surface area contributed by atoms with Gasteiger partial charge in [-0.05, 0) is 16.3 Å². The summed E-state index contributed by atoms with van der Waals surface area (Å²) < 4.78 is 303. The fraction of sp³-hybridized carbons (Fsp3) is 0.243. The van der Waals surface area contributed by atoms with Crippen molar-refractivity contribution in [3.8, 4) is 0 Å². The summed E-state index contributed by atoms with van der Waals surface area (Å²) in [4.78, 5) is 23.6. The zero-order chi connectivity index (χ0) is 48.9. The smallest absolute Gasteiger partial charge is 0.345 e. The molecular formula is C37H23BF20O4S. The molecule has 344 valence electrons. The molecule has 0 bridgehead atoms. The number of methoxy groups -OCH3 is 2. The van der Waals surface area contributed by atoms with Gasteiger partial charge in [-0.2, -0.15) is 0 Å². The third-order valence-electron chi connectivity index (χ3n) is 9.13. The van der Waals surface area contributed by atoms with Gasteiger partial charge in [-0.15, -0.1) is 21.9 Å². The van der Waals surface area contributed by atoms with Gasteiger partial charge in [0, 0.05) is 5.57 Å². The topological polar surface area (TPSA) is 52.6 Å². The maximum atomic E-state index is 15.4. The van der Waals surface area contributed by atoms with Gasteiger partial charge in [0.05, 0.1) is 26.7 Å². The van der Waals surface area contributed by atoms with Crippen molar-refractivity contribution in [2.45, 2.75) is 20.8 Å². The van der Waals surface area contributed by atoms with E-state index in [9.17, 15) is 62.3 Å². The molecule has 0 aliphatic heterocycles. The van der Waals surface area contributed by atoms with Crippen molar-refractivity contribution in [2.75, 3.05) is 32.5 Å². The Morgan fingerprint density at radius 2 is 0.571 bits per heavy atom.